The first-order chi connectivity index (χ1) is 9.37. The predicted octanol–water partition coefficient (Wildman–Crippen LogP) is 1.56. The first-order valence-electron chi connectivity index (χ1n) is 7.26. The quantitative estimate of drug-likeness (QED) is 0.787. The molecule has 2 aliphatic rings. The molecule has 6 heteroatoms. The normalized spacial score (nSPS) is 26.5. The largest absolute Gasteiger partial charge is 0.338 e. The van der Waals surface area contributed by atoms with Crippen molar-refractivity contribution < 1.29 is 13.2 Å². The van der Waals surface area contributed by atoms with Crippen LogP contribution in [0.4, 0.5) is 4.79 Å². The van der Waals surface area contributed by atoms with Crippen LogP contribution < -0.4 is 5.32 Å². The first kappa shape index (κ1) is 15.4. The number of urea groups is 1. The van der Waals surface area contributed by atoms with Crippen molar-refractivity contribution in [3.05, 3.63) is 11.1 Å². The average molecular weight is 300 g/mol. The maximum absolute atomic E-state index is 12.1. The lowest BCUT2D eigenvalue weighted by atomic mass is 10.0. The summed E-state index contributed by atoms with van der Waals surface area (Å²) in [7, 11) is -2.89. The van der Waals surface area contributed by atoms with Crippen LogP contribution in [0.1, 0.15) is 33.1 Å². The standard InChI is InChI=1S/C14H24N2O3S/c1-11-5-6-16(9-12(11)2)14(17)15-8-13-4-3-7-20(18,19)10-13/h13H,3-10H2,1-2H3,(H,15,17). The van der Waals surface area contributed by atoms with Gasteiger partial charge in [-0.25, -0.2) is 13.2 Å². The van der Waals surface area contributed by atoms with Crippen molar-refractivity contribution in [2.75, 3.05) is 31.1 Å². The van der Waals surface area contributed by atoms with Gasteiger partial charge in [-0.15, -0.1) is 0 Å². The van der Waals surface area contributed by atoms with Crippen LogP contribution in [0, 0.1) is 5.92 Å². The highest BCUT2D eigenvalue weighted by molar-refractivity contribution is 7.91. The Labute approximate surface area is 121 Å². The van der Waals surface area contributed by atoms with Crippen molar-refractivity contribution in [2.24, 2.45) is 5.92 Å². The SMILES string of the molecule is CC1=C(C)CN(C(=O)NCC2CCCS(=O)(=O)C2)CC1. The Kier molecular flexibility index (Phi) is 4.73. The maximum atomic E-state index is 12.1. The van der Waals surface area contributed by atoms with Gasteiger partial charge in [0.1, 0.15) is 0 Å². The van der Waals surface area contributed by atoms with E-state index in [4.69, 9.17) is 0 Å². The van der Waals surface area contributed by atoms with E-state index in [0.717, 1.165) is 19.4 Å². The molecule has 5 nitrogen and oxygen atoms in total. The zero-order valence-electron chi connectivity index (χ0n) is 12.3. The average Bonchev–Trinajstić information content (AvgIpc) is 2.38. The fourth-order valence-corrected chi connectivity index (χ4v) is 4.59. The lowest BCUT2D eigenvalue weighted by Crippen LogP contribution is -2.45. The highest BCUT2D eigenvalue weighted by Gasteiger charge is 2.26. The molecule has 20 heavy (non-hydrogen) atoms. The lowest BCUT2D eigenvalue weighted by molar-refractivity contribution is 0.198. The topological polar surface area (TPSA) is 66.5 Å². The van der Waals surface area contributed by atoms with E-state index >= 15 is 0 Å². The summed E-state index contributed by atoms with van der Waals surface area (Å²) in [5.74, 6) is 0.582. The van der Waals surface area contributed by atoms with Crippen molar-refractivity contribution >= 4 is 15.9 Å². The number of sulfone groups is 1. The molecule has 1 atom stereocenters. The number of carbonyl (C=O) groups is 1. The molecule has 0 radical (unpaired) electrons. The molecule has 114 valence electrons. The summed E-state index contributed by atoms with van der Waals surface area (Å²) in [6, 6.07) is -0.0696. The van der Waals surface area contributed by atoms with E-state index in [1.165, 1.54) is 11.1 Å². The van der Waals surface area contributed by atoms with Crippen LogP contribution in [0.2, 0.25) is 0 Å². The molecule has 2 amide bonds. The molecule has 0 bridgehead atoms. The van der Waals surface area contributed by atoms with Crippen LogP contribution in [0.3, 0.4) is 0 Å². The van der Waals surface area contributed by atoms with Crippen molar-refractivity contribution in [1.82, 2.24) is 10.2 Å². The molecular formula is C14H24N2O3S. The number of rotatable bonds is 2. The molecule has 2 heterocycles. The van der Waals surface area contributed by atoms with E-state index in [-0.39, 0.29) is 17.7 Å². The highest BCUT2D eigenvalue weighted by Crippen LogP contribution is 2.19. The second-order valence-corrected chi connectivity index (χ2v) is 8.27. The van der Waals surface area contributed by atoms with Crippen LogP contribution in [0.15, 0.2) is 11.1 Å². The molecule has 0 aromatic carbocycles. The van der Waals surface area contributed by atoms with Crippen molar-refractivity contribution in [3.8, 4) is 0 Å². The Hall–Kier alpha value is -1.04. The molecule has 2 aliphatic heterocycles. The van der Waals surface area contributed by atoms with Gasteiger partial charge in [0, 0.05) is 19.6 Å². The predicted molar refractivity (Wildman–Crippen MR) is 79.3 cm³/mol. The van der Waals surface area contributed by atoms with Gasteiger partial charge in [0.05, 0.1) is 11.5 Å². The van der Waals surface area contributed by atoms with E-state index in [1.807, 2.05) is 0 Å². The van der Waals surface area contributed by atoms with Gasteiger partial charge >= 0.3 is 6.03 Å². The third kappa shape index (κ3) is 3.98. The number of hydrogen-bond acceptors (Lipinski definition) is 3. The molecule has 1 unspecified atom stereocenters. The zero-order chi connectivity index (χ0) is 14.8. The minimum Gasteiger partial charge on any atom is -0.338 e. The summed E-state index contributed by atoms with van der Waals surface area (Å²) < 4.78 is 23.1. The highest BCUT2D eigenvalue weighted by atomic mass is 32.2. The molecule has 1 fully saturated rings. The van der Waals surface area contributed by atoms with Gasteiger partial charge < -0.3 is 10.2 Å². The molecule has 0 saturated carbocycles. The fraction of sp³-hybridized carbons (Fsp3) is 0.786. The van der Waals surface area contributed by atoms with Gasteiger partial charge in [0.2, 0.25) is 0 Å². The number of hydrogen-bond donors (Lipinski definition) is 1. The van der Waals surface area contributed by atoms with Crippen LogP contribution in [-0.2, 0) is 9.84 Å². The Morgan fingerprint density at radius 2 is 2.10 bits per heavy atom. The summed E-state index contributed by atoms with van der Waals surface area (Å²) in [5, 5.41) is 2.90. The number of nitrogens with zero attached hydrogens (tertiary/aromatic N) is 1. The van der Waals surface area contributed by atoms with Gasteiger partial charge in [0.25, 0.3) is 0 Å². The van der Waals surface area contributed by atoms with Crippen LogP contribution in [0.25, 0.3) is 0 Å². The molecular weight excluding hydrogens is 276 g/mol. The van der Waals surface area contributed by atoms with E-state index in [9.17, 15) is 13.2 Å². The summed E-state index contributed by atoms with van der Waals surface area (Å²) in [6.45, 7) is 6.06. The summed E-state index contributed by atoms with van der Waals surface area (Å²) >= 11 is 0. The van der Waals surface area contributed by atoms with Crippen molar-refractivity contribution in [3.63, 3.8) is 0 Å². The molecule has 2 rings (SSSR count). The minimum atomic E-state index is -2.89. The summed E-state index contributed by atoms with van der Waals surface area (Å²) in [6.07, 6.45) is 2.53. The maximum Gasteiger partial charge on any atom is 0.317 e. The number of amides is 2. The van der Waals surface area contributed by atoms with Crippen LogP contribution >= 0.6 is 0 Å². The second-order valence-electron chi connectivity index (χ2n) is 6.04. The van der Waals surface area contributed by atoms with Gasteiger partial charge in [-0.2, -0.15) is 0 Å². The number of nitrogens with one attached hydrogen (secondary N) is 1. The Morgan fingerprint density at radius 3 is 2.75 bits per heavy atom. The van der Waals surface area contributed by atoms with Crippen LogP contribution in [-0.4, -0.2) is 50.5 Å². The fourth-order valence-electron chi connectivity index (χ4n) is 2.81. The Morgan fingerprint density at radius 1 is 1.35 bits per heavy atom. The summed E-state index contributed by atoms with van der Waals surface area (Å²) in [4.78, 5) is 13.9. The van der Waals surface area contributed by atoms with Crippen molar-refractivity contribution in [1.29, 1.82) is 0 Å². The smallest absolute Gasteiger partial charge is 0.317 e. The summed E-state index contributed by atoms with van der Waals surface area (Å²) in [5.41, 5.74) is 2.62. The molecule has 0 aromatic heterocycles. The third-order valence-electron chi connectivity index (χ3n) is 4.30. The molecule has 0 spiro atoms. The van der Waals surface area contributed by atoms with E-state index in [2.05, 4.69) is 19.2 Å². The van der Waals surface area contributed by atoms with E-state index in [0.29, 0.717) is 25.3 Å². The molecule has 1 saturated heterocycles. The lowest BCUT2D eigenvalue weighted by Gasteiger charge is -2.30. The van der Waals surface area contributed by atoms with Gasteiger partial charge in [-0.1, -0.05) is 11.1 Å². The van der Waals surface area contributed by atoms with Gasteiger partial charge in [0.15, 0.2) is 9.84 Å². The molecule has 0 aromatic rings. The van der Waals surface area contributed by atoms with Crippen LogP contribution in [0.5, 0.6) is 0 Å². The van der Waals surface area contributed by atoms with Gasteiger partial charge in [-0.3, -0.25) is 0 Å². The zero-order valence-corrected chi connectivity index (χ0v) is 13.1. The number of carbonyl (C=O) groups excluding carboxylic acids is 1. The van der Waals surface area contributed by atoms with E-state index < -0.39 is 9.84 Å². The molecule has 1 N–H and O–H groups in total. The van der Waals surface area contributed by atoms with Gasteiger partial charge in [-0.05, 0) is 39.0 Å². The van der Waals surface area contributed by atoms with Crippen molar-refractivity contribution in [2.45, 2.75) is 33.1 Å². The molecule has 0 aliphatic carbocycles. The third-order valence-corrected chi connectivity index (χ3v) is 6.19. The van der Waals surface area contributed by atoms with E-state index in [1.54, 1.807) is 4.90 Å². The first-order valence-corrected chi connectivity index (χ1v) is 9.08. The Bertz CT molecular complexity index is 511. The monoisotopic (exact) mass is 300 g/mol. The second kappa shape index (κ2) is 6.16. The minimum absolute atomic E-state index is 0.0696. The Balaban J connectivity index is 1.81.